The third-order valence-corrected chi connectivity index (χ3v) is 4.61. The number of carbonyl (C=O) groups is 1. The van der Waals surface area contributed by atoms with E-state index in [-0.39, 0.29) is 24.2 Å². The van der Waals surface area contributed by atoms with Gasteiger partial charge in [-0.15, -0.1) is 0 Å². The van der Waals surface area contributed by atoms with Gasteiger partial charge < -0.3 is 9.88 Å². The number of nitrogens with one attached hydrogen (secondary N) is 1. The molecule has 3 aromatic rings. The van der Waals surface area contributed by atoms with Crippen molar-refractivity contribution in [1.82, 2.24) is 4.57 Å². The van der Waals surface area contributed by atoms with Crippen LogP contribution in [0.15, 0.2) is 53.3 Å². The Kier molecular flexibility index (Phi) is 5.27. The van der Waals surface area contributed by atoms with E-state index < -0.39 is 17.6 Å². The first kappa shape index (κ1) is 19.7. The second kappa shape index (κ2) is 7.50. The van der Waals surface area contributed by atoms with E-state index >= 15 is 0 Å². The molecule has 0 saturated heterocycles. The molecule has 28 heavy (non-hydrogen) atoms. The van der Waals surface area contributed by atoms with Crippen LogP contribution in [-0.4, -0.2) is 10.5 Å². The van der Waals surface area contributed by atoms with Gasteiger partial charge in [-0.3, -0.25) is 9.59 Å². The Bertz CT molecular complexity index is 1100. The maximum absolute atomic E-state index is 13.1. The average molecular weight is 388 g/mol. The fourth-order valence-corrected chi connectivity index (χ4v) is 3.27. The van der Waals surface area contributed by atoms with Crippen molar-refractivity contribution in [3.05, 3.63) is 75.6 Å². The minimum Gasteiger partial charge on any atom is -0.325 e. The number of aromatic nitrogens is 1. The van der Waals surface area contributed by atoms with Crippen molar-refractivity contribution >= 4 is 22.5 Å². The average Bonchev–Trinajstić information content (AvgIpc) is 2.61. The summed E-state index contributed by atoms with van der Waals surface area (Å²) in [6.07, 6.45) is -4.69. The number of hydrogen-bond donors (Lipinski definition) is 1. The minimum atomic E-state index is -4.56. The molecule has 0 aliphatic heterocycles. The second-order valence-corrected chi connectivity index (χ2v) is 6.63. The molecule has 1 heterocycles. The van der Waals surface area contributed by atoms with Gasteiger partial charge in [0.25, 0.3) is 5.56 Å². The highest BCUT2D eigenvalue weighted by Gasteiger charge is 2.33. The topological polar surface area (TPSA) is 51.1 Å². The van der Waals surface area contributed by atoms with E-state index in [1.807, 2.05) is 32.0 Å². The van der Waals surface area contributed by atoms with Crippen LogP contribution in [0.4, 0.5) is 18.9 Å². The summed E-state index contributed by atoms with van der Waals surface area (Å²) in [7, 11) is 0. The van der Waals surface area contributed by atoms with Gasteiger partial charge in [0.1, 0.15) is 0 Å². The van der Waals surface area contributed by atoms with Crippen molar-refractivity contribution in [3.8, 4) is 0 Å². The number of para-hydroxylation sites is 2. The first-order valence-electron chi connectivity index (χ1n) is 8.74. The van der Waals surface area contributed by atoms with E-state index in [9.17, 15) is 22.8 Å². The quantitative estimate of drug-likeness (QED) is 0.706. The third kappa shape index (κ3) is 3.93. The van der Waals surface area contributed by atoms with Gasteiger partial charge in [-0.05, 0) is 37.1 Å². The molecule has 1 N–H and O–H groups in total. The molecule has 2 aromatic carbocycles. The summed E-state index contributed by atoms with van der Waals surface area (Å²) in [6.45, 7) is 3.78. The van der Waals surface area contributed by atoms with Gasteiger partial charge in [0.15, 0.2) is 0 Å². The van der Waals surface area contributed by atoms with Crippen LogP contribution in [-0.2, 0) is 17.5 Å². The molecule has 0 unspecified atom stereocenters. The summed E-state index contributed by atoms with van der Waals surface area (Å²) in [6, 6.07) is 12.0. The lowest BCUT2D eigenvalue weighted by molar-refractivity contribution is -0.137. The molecule has 7 heteroatoms. The van der Waals surface area contributed by atoms with Gasteiger partial charge in [0.05, 0.1) is 16.8 Å². The Hall–Kier alpha value is -3.09. The van der Waals surface area contributed by atoms with Crippen molar-refractivity contribution < 1.29 is 18.0 Å². The maximum atomic E-state index is 13.1. The number of carbonyl (C=O) groups excluding carboxylic acids is 1. The van der Waals surface area contributed by atoms with Crippen molar-refractivity contribution in [2.45, 2.75) is 33.0 Å². The van der Waals surface area contributed by atoms with Gasteiger partial charge >= 0.3 is 6.18 Å². The van der Waals surface area contributed by atoms with Gasteiger partial charge in [-0.1, -0.05) is 30.3 Å². The number of alkyl halides is 3. The van der Waals surface area contributed by atoms with Crippen LogP contribution < -0.4 is 10.9 Å². The number of amides is 1. The number of halogens is 3. The highest BCUT2D eigenvalue weighted by molar-refractivity contribution is 5.92. The van der Waals surface area contributed by atoms with Crippen molar-refractivity contribution in [1.29, 1.82) is 0 Å². The molecule has 0 bridgehead atoms. The fourth-order valence-electron chi connectivity index (χ4n) is 3.27. The van der Waals surface area contributed by atoms with Gasteiger partial charge in [0, 0.05) is 24.4 Å². The highest BCUT2D eigenvalue weighted by Crippen LogP contribution is 2.34. The number of anilines is 1. The normalized spacial score (nSPS) is 11.6. The predicted molar refractivity (Wildman–Crippen MR) is 102 cm³/mol. The number of pyridine rings is 1. The molecule has 0 saturated carbocycles. The molecule has 0 spiro atoms. The zero-order chi connectivity index (χ0) is 20.5. The van der Waals surface area contributed by atoms with Gasteiger partial charge in [0.2, 0.25) is 5.91 Å². The Morgan fingerprint density at radius 2 is 1.75 bits per heavy atom. The van der Waals surface area contributed by atoms with Crippen LogP contribution in [0.1, 0.15) is 23.1 Å². The molecule has 3 rings (SSSR count). The SMILES string of the molecule is Cc1cc(=O)n(CCC(=O)Nc2ccccc2C(F)(F)F)c2c(C)cccc12. The molecule has 0 atom stereocenters. The second-order valence-electron chi connectivity index (χ2n) is 6.63. The summed E-state index contributed by atoms with van der Waals surface area (Å²) in [5, 5.41) is 3.21. The first-order valence-corrected chi connectivity index (χ1v) is 8.74. The standard InChI is InChI=1S/C21H19F3N2O2/c1-13-6-5-7-15-14(2)12-19(28)26(20(13)15)11-10-18(27)25-17-9-4-3-8-16(17)21(22,23)24/h3-9,12H,10-11H2,1-2H3,(H,25,27). The molecule has 1 aromatic heterocycles. The largest absolute Gasteiger partial charge is 0.418 e. The number of rotatable bonds is 4. The number of aryl methyl sites for hydroxylation is 3. The third-order valence-electron chi connectivity index (χ3n) is 4.61. The fraction of sp³-hybridized carbons (Fsp3) is 0.238. The maximum Gasteiger partial charge on any atom is 0.418 e. The molecule has 146 valence electrons. The first-order chi connectivity index (χ1) is 13.2. The molecule has 0 aliphatic rings. The molecule has 0 fully saturated rings. The van der Waals surface area contributed by atoms with Crippen molar-refractivity contribution in [2.75, 3.05) is 5.32 Å². The van der Waals surface area contributed by atoms with E-state index in [1.165, 1.54) is 28.8 Å². The van der Waals surface area contributed by atoms with E-state index in [2.05, 4.69) is 5.32 Å². The summed E-state index contributed by atoms with van der Waals surface area (Å²) in [5.41, 5.74) is 1.01. The molecule has 4 nitrogen and oxygen atoms in total. The lowest BCUT2D eigenvalue weighted by atomic mass is 10.1. The number of benzene rings is 2. The Labute approximate surface area is 159 Å². The summed E-state index contributed by atoms with van der Waals surface area (Å²) < 4.78 is 40.7. The van der Waals surface area contributed by atoms with Gasteiger partial charge in [-0.2, -0.15) is 13.2 Å². The van der Waals surface area contributed by atoms with E-state index in [4.69, 9.17) is 0 Å². The van der Waals surface area contributed by atoms with E-state index in [0.29, 0.717) is 0 Å². The van der Waals surface area contributed by atoms with Crippen LogP contribution in [0.2, 0.25) is 0 Å². The van der Waals surface area contributed by atoms with Crippen LogP contribution in [0.25, 0.3) is 10.9 Å². The van der Waals surface area contributed by atoms with Crippen LogP contribution in [0.5, 0.6) is 0 Å². The number of hydrogen-bond acceptors (Lipinski definition) is 2. The van der Waals surface area contributed by atoms with Crippen molar-refractivity contribution in [2.24, 2.45) is 0 Å². The zero-order valence-electron chi connectivity index (χ0n) is 15.4. The lowest BCUT2D eigenvalue weighted by Gasteiger charge is -2.15. The predicted octanol–water partition coefficient (Wildman–Crippen LogP) is 4.67. The van der Waals surface area contributed by atoms with Crippen LogP contribution in [0.3, 0.4) is 0 Å². The smallest absolute Gasteiger partial charge is 0.325 e. The monoisotopic (exact) mass is 388 g/mol. The van der Waals surface area contributed by atoms with E-state index in [0.717, 1.165) is 28.1 Å². The minimum absolute atomic E-state index is 0.0699. The Morgan fingerprint density at radius 3 is 2.46 bits per heavy atom. The number of nitrogens with zero attached hydrogens (tertiary/aromatic N) is 1. The zero-order valence-corrected chi connectivity index (χ0v) is 15.4. The van der Waals surface area contributed by atoms with Crippen LogP contribution >= 0.6 is 0 Å². The summed E-state index contributed by atoms with van der Waals surface area (Å²) >= 11 is 0. The van der Waals surface area contributed by atoms with E-state index in [1.54, 1.807) is 0 Å². The Balaban J connectivity index is 1.85. The van der Waals surface area contributed by atoms with Crippen molar-refractivity contribution in [3.63, 3.8) is 0 Å². The number of fused-ring (bicyclic) bond motifs is 1. The summed E-state index contributed by atoms with van der Waals surface area (Å²) in [4.78, 5) is 24.7. The summed E-state index contributed by atoms with van der Waals surface area (Å²) in [5.74, 6) is -0.592. The highest BCUT2D eigenvalue weighted by atomic mass is 19.4. The van der Waals surface area contributed by atoms with Crippen LogP contribution in [0, 0.1) is 13.8 Å². The molecule has 1 amide bonds. The molecule has 0 aliphatic carbocycles. The van der Waals surface area contributed by atoms with Gasteiger partial charge in [-0.25, -0.2) is 0 Å². The lowest BCUT2D eigenvalue weighted by Crippen LogP contribution is -2.24. The molecular formula is C21H19F3N2O2. The molecule has 0 radical (unpaired) electrons. The molecular weight excluding hydrogens is 369 g/mol. The Morgan fingerprint density at radius 1 is 1.04 bits per heavy atom.